The second-order valence-electron chi connectivity index (χ2n) is 5.44. The van der Waals surface area contributed by atoms with Crippen molar-refractivity contribution in [3.8, 4) is 0 Å². The van der Waals surface area contributed by atoms with Crippen molar-refractivity contribution in [2.75, 3.05) is 0 Å². The van der Waals surface area contributed by atoms with Crippen LogP contribution < -0.4 is 0 Å². The van der Waals surface area contributed by atoms with Crippen LogP contribution in [0.3, 0.4) is 0 Å². The predicted molar refractivity (Wildman–Crippen MR) is 77.0 cm³/mol. The first-order valence-corrected chi connectivity index (χ1v) is 6.93. The van der Waals surface area contributed by atoms with Gasteiger partial charge < -0.3 is 9.47 Å². The number of fused-ring (bicyclic) bond motifs is 1. The second-order valence-corrected chi connectivity index (χ2v) is 5.44. The van der Waals surface area contributed by atoms with Crippen molar-refractivity contribution in [3.63, 3.8) is 0 Å². The lowest BCUT2D eigenvalue weighted by atomic mass is 9.71. The van der Waals surface area contributed by atoms with Gasteiger partial charge in [-0.2, -0.15) is 0 Å². The summed E-state index contributed by atoms with van der Waals surface area (Å²) in [5.41, 5.74) is 3.21. The van der Waals surface area contributed by atoms with Crippen LogP contribution in [-0.4, -0.2) is 6.29 Å². The Morgan fingerprint density at radius 2 is 1.60 bits per heavy atom. The molecule has 0 N–H and O–H groups in total. The molecule has 0 radical (unpaired) electrons. The highest BCUT2D eigenvalue weighted by atomic mass is 16.7. The van der Waals surface area contributed by atoms with Gasteiger partial charge >= 0.3 is 0 Å². The first-order chi connectivity index (χ1) is 9.80. The Bertz CT molecular complexity index is 645. The maximum atomic E-state index is 6.18. The molecule has 4 rings (SSSR count). The van der Waals surface area contributed by atoms with Gasteiger partial charge in [-0.25, -0.2) is 0 Å². The van der Waals surface area contributed by atoms with Gasteiger partial charge in [0.15, 0.2) is 0 Å². The minimum Gasteiger partial charge on any atom is -0.472 e. The molecule has 0 aromatic heterocycles. The highest BCUT2D eigenvalue weighted by Gasteiger charge is 2.59. The third-order valence-electron chi connectivity index (χ3n) is 4.25. The van der Waals surface area contributed by atoms with Crippen molar-refractivity contribution < 1.29 is 9.47 Å². The topological polar surface area (TPSA) is 18.5 Å². The second kappa shape index (κ2) is 4.22. The van der Waals surface area contributed by atoms with Crippen LogP contribution in [0, 0.1) is 12.8 Å². The molecule has 3 atom stereocenters. The lowest BCUT2D eigenvalue weighted by Gasteiger charge is -2.51. The molecule has 2 heteroatoms. The Morgan fingerprint density at radius 3 is 2.30 bits per heavy atom. The SMILES string of the molecule is Cc1ccc([C@@]2(c3ccccc3)O[C@H]3OC=C[C@@H]32)cc1. The number of aryl methyl sites for hydroxylation is 1. The highest BCUT2D eigenvalue weighted by molar-refractivity contribution is 5.43. The van der Waals surface area contributed by atoms with Crippen molar-refractivity contribution in [2.24, 2.45) is 5.92 Å². The average Bonchev–Trinajstić information content (AvgIpc) is 2.85. The van der Waals surface area contributed by atoms with E-state index in [0.29, 0.717) is 0 Å². The van der Waals surface area contributed by atoms with Gasteiger partial charge in [-0.1, -0.05) is 60.2 Å². The molecule has 2 aliphatic heterocycles. The van der Waals surface area contributed by atoms with Crippen LogP contribution >= 0.6 is 0 Å². The smallest absolute Gasteiger partial charge is 0.210 e. The minimum atomic E-state index is -0.410. The fourth-order valence-corrected chi connectivity index (χ4v) is 3.18. The van der Waals surface area contributed by atoms with Gasteiger partial charge in [-0.05, 0) is 24.1 Å². The van der Waals surface area contributed by atoms with E-state index in [1.165, 1.54) is 16.7 Å². The quantitative estimate of drug-likeness (QED) is 0.822. The van der Waals surface area contributed by atoms with Gasteiger partial charge in [0, 0.05) is 0 Å². The number of ether oxygens (including phenoxy) is 2. The summed E-state index contributed by atoms with van der Waals surface area (Å²) in [6, 6.07) is 19.0. The molecular formula is C18H16O2. The summed E-state index contributed by atoms with van der Waals surface area (Å²) in [6.07, 6.45) is 3.73. The molecule has 0 saturated carbocycles. The van der Waals surface area contributed by atoms with Gasteiger partial charge in [0.1, 0.15) is 5.60 Å². The molecule has 0 aliphatic carbocycles. The Morgan fingerprint density at radius 1 is 0.900 bits per heavy atom. The summed E-state index contributed by atoms with van der Waals surface area (Å²) in [5, 5.41) is 0. The Labute approximate surface area is 118 Å². The first kappa shape index (κ1) is 11.7. The maximum Gasteiger partial charge on any atom is 0.210 e. The fraction of sp³-hybridized carbons (Fsp3) is 0.222. The summed E-state index contributed by atoms with van der Waals surface area (Å²) in [7, 11) is 0. The molecule has 0 spiro atoms. The van der Waals surface area contributed by atoms with E-state index in [2.05, 4.69) is 61.5 Å². The highest BCUT2D eigenvalue weighted by Crippen LogP contribution is 2.54. The molecule has 2 aromatic carbocycles. The number of rotatable bonds is 2. The zero-order chi connectivity index (χ0) is 13.6. The first-order valence-electron chi connectivity index (χ1n) is 6.93. The van der Waals surface area contributed by atoms with Crippen LogP contribution in [0.2, 0.25) is 0 Å². The lowest BCUT2D eigenvalue weighted by Crippen LogP contribution is -2.56. The summed E-state index contributed by atoms with van der Waals surface area (Å²) in [5.74, 6) is 0.243. The molecule has 0 unspecified atom stereocenters. The van der Waals surface area contributed by atoms with Crippen molar-refractivity contribution >= 4 is 0 Å². The molecule has 2 aliphatic rings. The third kappa shape index (κ3) is 1.49. The zero-order valence-corrected chi connectivity index (χ0v) is 11.3. The van der Waals surface area contributed by atoms with E-state index in [0.717, 1.165) is 0 Å². The van der Waals surface area contributed by atoms with Gasteiger partial charge in [0.05, 0.1) is 12.2 Å². The van der Waals surface area contributed by atoms with Gasteiger partial charge in [-0.3, -0.25) is 0 Å². The number of hydrogen-bond donors (Lipinski definition) is 0. The molecule has 20 heavy (non-hydrogen) atoms. The van der Waals surface area contributed by atoms with Gasteiger partial charge in [-0.15, -0.1) is 0 Å². The maximum absolute atomic E-state index is 6.18. The van der Waals surface area contributed by atoms with E-state index >= 15 is 0 Å². The normalized spacial score (nSPS) is 30.4. The molecule has 2 aromatic rings. The molecule has 2 nitrogen and oxygen atoms in total. The monoisotopic (exact) mass is 264 g/mol. The molecule has 100 valence electrons. The molecule has 1 fully saturated rings. The fourth-order valence-electron chi connectivity index (χ4n) is 3.18. The summed E-state index contributed by atoms with van der Waals surface area (Å²) < 4.78 is 11.6. The summed E-state index contributed by atoms with van der Waals surface area (Å²) >= 11 is 0. The van der Waals surface area contributed by atoms with E-state index in [1.54, 1.807) is 6.26 Å². The largest absolute Gasteiger partial charge is 0.472 e. The Balaban J connectivity index is 1.86. The lowest BCUT2D eigenvalue weighted by molar-refractivity contribution is -0.302. The molecule has 0 bridgehead atoms. The molecule has 0 amide bonds. The summed E-state index contributed by atoms with van der Waals surface area (Å²) in [4.78, 5) is 0. The number of hydrogen-bond acceptors (Lipinski definition) is 2. The van der Waals surface area contributed by atoms with E-state index in [4.69, 9.17) is 9.47 Å². The van der Waals surface area contributed by atoms with Crippen molar-refractivity contribution in [1.82, 2.24) is 0 Å². The van der Waals surface area contributed by atoms with Crippen LogP contribution in [0.25, 0.3) is 0 Å². The molecular weight excluding hydrogens is 248 g/mol. The van der Waals surface area contributed by atoms with Gasteiger partial charge in [0.25, 0.3) is 0 Å². The van der Waals surface area contributed by atoms with Crippen LogP contribution in [0.5, 0.6) is 0 Å². The molecule has 2 heterocycles. The van der Waals surface area contributed by atoms with Crippen LogP contribution in [0.15, 0.2) is 66.9 Å². The Hall–Kier alpha value is -2.06. The number of benzene rings is 2. The summed E-state index contributed by atoms with van der Waals surface area (Å²) in [6.45, 7) is 2.10. The predicted octanol–water partition coefficient (Wildman–Crippen LogP) is 3.76. The van der Waals surface area contributed by atoms with Crippen molar-refractivity contribution in [1.29, 1.82) is 0 Å². The van der Waals surface area contributed by atoms with E-state index in [-0.39, 0.29) is 12.2 Å². The van der Waals surface area contributed by atoms with Crippen LogP contribution in [-0.2, 0) is 15.1 Å². The van der Waals surface area contributed by atoms with Crippen molar-refractivity contribution in [3.05, 3.63) is 83.6 Å². The van der Waals surface area contributed by atoms with Gasteiger partial charge in [0.2, 0.25) is 6.29 Å². The van der Waals surface area contributed by atoms with Crippen LogP contribution in [0.1, 0.15) is 16.7 Å². The zero-order valence-electron chi connectivity index (χ0n) is 11.3. The van der Waals surface area contributed by atoms with Crippen LogP contribution in [0.4, 0.5) is 0 Å². The van der Waals surface area contributed by atoms with E-state index < -0.39 is 5.60 Å². The standard InChI is InChI=1S/C18H16O2/c1-13-7-9-15(10-8-13)18(14-5-3-2-4-6-14)16-11-12-19-17(16)20-18/h2-12,16-17H,1H3/t16-,17+,18+/m0/s1. The Kier molecular flexibility index (Phi) is 2.48. The average molecular weight is 264 g/mol. The van der Waals surface area contributed by atoms with Crippen molar-refractivity contribution in [2.45, 2.75) is 18.8 Å². The van der Waals surface area contributed by atoms with E-state index in [1.807, 2.05) is 6.07 Å². The van der Waals surface area contributed by atoms with E-state index in [9.17, 15) is 0 Å². The minimum absolute atomic E-state index is 0.142. The molecule has 1 saturated heterocycles. The third-order valence-corrected chi connectivity index (χ3v) is 4.25.